The molecule has 5 rings (SSSR count). The van der Waals surface area contributed by atoms with E-state index in [2.05, 4.69) is 26.1 Å². The predicted molar refractivity (Wildman–Crippen MR) is 107 cm³/mol. The molecule has 0 spiro atoms. The van der Waals surface area contributed by atoms with Crippen LogP contribution in [0.3, 0.4) is 0 Å². The van der Waals surface area contributed by atoms with Crippen molar-refractivity contribution in [3.05, 3.63) is 40.4 Å². The van der Waals surface area contributed by atoms with Crippen LogP contribution in [0, 0.1) is 0 Å². The van der Waals surface area contributed by atoms with Crippen LogP contribution < -0.4 is 5.32 Å². The number of benzene rings is 1. The molecular formula is C21H27ClN4O2. The molecule has 2 aromatic rings. The summed E-state index contributed by atoms with van der Waals surface area (Å²) >= 11 is 6.23. The lowest BCUT2D eigenvalue weighted by Gasteiger charge is -2.32. The van der Waals surface area contributed by atoms with Crippen LogP contribution in [0.5, 0.6) is 0 Å². The van der Waals surface area contributed by atoms with Gasteiger partial charge in [-0.05, 0) is 62.3 Å². The van der Waals surface area contributed by atoms with E-state index in [1.54, 1.807) is 0 Å². The van der Waals surface area contributed by atoms with E-state index in [0.717, 1.165) is 87.2 Å². The number of halogens is 1. The number of nitrogens with one attached hydrogen (secondary N) is 1. The molecule has 1 aromatic carbocycles. The molecule has 1 aliphatic carbocycles. The molecule has 0 bridgehead atoms. The summed E-state index contributed by atoms with van der Waals surface area (Å²) in [4.78, 5) is 0. The summed E-state index contributed by atoms with van der Waals surface area (Å²) < 4.78 is 14.1. The van der Waals surface area contributed by atoms with Crippen molar-refractivity contribution in [1.29, 1.82) is 0 Å². The summed E-state index contributed by atoms with van der Waals surface area (Å²) in [6.45, 7) is 3.19. The van der Waals surface area contributed by atoms with Gasteiger partial charge < -0.3 is 14.8 Å². The molecule has 3 heterocycles. The van der Waals surface area contributed by atoms with Crippen LogP contribution in [-0.4, -0.2) is 40.2 Å². The lowest BCUT2D eigenvalue weighted by atomic mass is 9.86. The number of ether oxygens (including phenoxy) is 2. The highest BCUT2D eigenvalue weighted by molar-refractivity contribution is 6.30. The molecule has 0 unspecified atom stereocenters. The molecule has 150 valence electrons. The van der Waals surface area contributed by atoms with Crippen LogP contribution in [0.4, 0.5) is 0 Å². The van der Waals surface area contributed by atoms with Crippen molar-refractivity contribution in [3.63, 3.8) is 0 Å². The molecule has 0 amide bonds. The second-order valence-corrected chi connectivity index (χ2v) is 8.54. The molecule has 2 fully saturated rings. The second kappa shape index (κ2) is 8.11. The van der Waals surface area contributed by atoms with E-state index in [1.807, 2.05) is 12.1 Å². The van der Waals surface area contributed by atoms with Gasteiger partial charge in [0, 0.05) is 30.7 Å². The number of nitrogens with zero attached hydrogens (tertiary/aromatic N) is 3. The Balaban J connectivity index is 1.32. The zero-order valence-corrected chi connectivity index (χ0v) is 16.8. The van der Waals surface area contributed by atoms with Gasteiger partial charge in [0.25, 0.3) is 0 Å². The van der Waals surface area contributed by atoms with Gasteiger partial charge in [-0.3, -0.25) is 4.57 Å². The smallest absolute Gasteiger partial charge is 0.151 e. The van der Waals surface area contributed by atoms with Crippen LogP contribution in [0.1, 0.15) is 61.7 Å². The lowest BCUT2D eigenvalue weighted by Crippen LogP contribution is -2.31. The van der Waals surface area contributed by atoms with Crippen molar-refractivity contribution < 1.29 is 9.47 Å². The SMILES string of the molecule is Clc1ccc2c(c1)CNCc1nnc([C@H]3CC[C@H](OC4CCOCC4)CC3)n1-2. The Kier molecular flexibility index (Phi) is 5.37. The quantitative estimate of drug-likeness (QED) is 0.847. The van der Waals surface area contributed by atoms with E-state index in [1.165, 1.54) is 5.56 Å². The van der Waals surface area contributed by atoms with Gasteiger partial charge in [-0.1, -0.05) is 11.6 Å². The molecule has 7 heteroatoms. The fraction of sp³-hybridized carbons (Fsp3) is 0.619. The summed E-state index contributed by atoms with van der Waals surface area (Å²) in [5.41, 5.74) is 2.36. The normalized spacial score (nSPS) is 25.8. The van der Waals surface area contributed by atoms with Gasteiger partial charge in [0.1, 0.15) is 5.82 Å². The molecule has 1 saturated carbocycles. The minimum absolute atomic E-state index is 0.374. The molecule has 1 saturated heterocycles. The number of aromatic nitrogens is 3. The van der Waals surface area contributed by atoms with E-state index in [9.17, 15) is 0 Å². The topological polar surface area (TPSA) is 61.2 Å². The standard InChI is InChI=1S/C21H27ClN4O2/c22-16-3-6-19-15(11-16)12-23-13-20-24-25-21(26(19)20)14-1-4-17(5-2-14)28-18-7-9-27-10-8-18/h3,6,11,14,17-18,23H,1-2,4-5,7-10,12-13H2/t14-,17-. The van der Waals surface area contributed by atoms with Crippen molar-refractivity contribution in [2.45, 2.75) is 69.7 Å². The molecule has 0 atom stereocenters. The largest absolute Gasteiger partial charge is 0.381 e. The fourth-order valence-electron chi connectivity index (χ4n) is 4.74. The van der Waals surface area contributed by atoms with E-state index in [-0.39, 0.29) is 0 Å². The predicted octanol–water partition coefficient (Wildman–Crippen LogP) is 3.75. The highest BCUT2D eigenvalue weighted by atomic mass is 35.5. The Hall–Kier alpha value is -1.47. The maximum Gasteiger partial charge on any atom is 0.151 e. The van der Waals surface area contributed by atoms with Crippen molar-refractivity contribution in [2.24, 2.45) is 0 Å². The molecule has 2 aliphatic heterocycles. The van der Waals surface area contributed by atoms with Crippen LogP contribution >= 0.6 is 11.6 Å². The van der Waals surface area contributed by atoms with Gasteiger partial charge in [0.15, 0.2) is 5.82 Å². The molecule has 3 aliphatic rings. The average Bonchev–Trinajstić information content (AvgIpc) is 3.05. The molecule has 0 radical (unpaired) electrons. The maximum absolute atomic E-state index is 6.35. The number of fused-ring (bicyclic) bond motifs is 3. The lowest BCUT2D eigenvalue weighted by molar-refractivity contribution is -0.0796. The first kappa shape index (κ1) is 18.6. The van der Waals surface area contributed by atoms with E-state index < -0.39 is 0 Å². The molecular weight excluding hydrogens is 376 g/mol. The first-order chi connectivity index (χ1) is 13.8. The van der Waals surface area contributed by atoms with E-state index in [0.29, 0.717) is 18.1 Å². The third kappa shape index (κ3) is 3.71. The molecule has 1 aromatic heterocycles. The van der Waals surface area contributed by atoms with Crippen molar-refractivity contribution in [1.82, 2.24) is 20.1 Å². The van der Waals surface area contributed by atoms with Gasteiger partial charge in [-0.2, -0.15) is 0 Å². The Labute approximate surface area is 170 Å². The Morgan fingerprint density at radius 2 is 1.79 bits per heavy atom. The van der Waals surface area contributed by atoms with Gasteiger partial charge >= 0.3 is 0 Å². The van der Waals surface area contributed by atoms with Crippen molar-refractivity contribution in [3.8, 4) is 5.69 Å². The second-order valence-electron chi connectivity index (χ2n) is 8.11. The monoisotopic (exact) mass is 402 g/mol. The minimum atomic E-state index is 0.374. The van der Waals surface area contributed by atoms with Crippen LogP contribution in [-0.2, 0) is 22.6 Å². The van der Waals surface area contributed by atoms with Crippen molar-refractivity contribution in [2.75, 3.05) is 13.2 Å². The summed E-state index contributed by atoms with van der Waals surface area (Å²) in [6.07, 6.45) is 7.20. The van der Waals surface area contributed by atoms with E-state index >= 15 is 0 Å². The van der Waals surface area contributed by atoms with Gasteiger partial charge in [0.05, 0.1) is 24.4 Å². The van der Waals surface area contributed by atoms with Crippen molar-refractivity contribution >= 4 is 11.6 Å². The average molecular weight is 403 g/mol. The zero-order chi connectivity index (χ0) is 18.9. The Bertz CT molecular complexity index is 826. The van der Waals surface area contributed by atoms with Gasteiger partial charge in [-0.25, -0.2) is 0 Å². The minimum Gasteiger partial charge on any atom is -0.381 e. The van der Waals surface area contributed by atoms with Crippen LogP contribution in [0.15, 0.2) is 18.2 Å². The molecule has 6 nitrogen and oxygen atoms in total. The Morgan fingerprint density at radius 1 is 1.00 bits per heavy atom. The summed E-state index contributed by atoms with van der Waals surface area (Å²) in [5, 5.41) is 13.3. The number of hydrogen-bond donors (Lipinski definition) is 1. The van der Waals surface area contributed by atoms with Crippen LogP contribution in [0.25, 0.3) is 5.69 Å². The molecule has 1 N–H and O–H groups in total. The Morgan fingerprint density at radius 3 is 2.61 bits per heavy atom. The van der Waals surface area contributed by atoms with Crippen LogP contribution in [0.2, 0.25) is 5.02 Å². The summed E-state index contributed by atoms with van der Waals surface area (Å²) in [5.74, 6) is 2.50. The number of rotatable bonds is 3. The first-order valence-corrected chi connectivity index (χ1v) is 10.8. The summed E-state index contributed by atoms with van der Waals surface area (Å²) in [7, 11) is 0. The zero-order valence-electron chi connectivity index (χ0n) is 16.1. The highest BCUT2D eigenvalue weighted by Crippen LogP contribution is 2.36. The fourth-order valence-corrected chi connectivity index (χ4v) is 4.93. The van der Waals surface area contributed by atoms with Gasteiger partial charge in [-0.15, -0.1) is 10.2 Å². The molecule has 28 heavy (non-hydrogen) atoms. The third-order valence-electron chi connectivity index (χ3n) is 6.23. The number of hydrogen-bond acceptors (Lipinski definition) is 5. The van der Waals surface area contributed by atoms with Gasteiger partial charge in [0.2, 0.25) is 0 Å². The van der Waals surface area contributed by atoms with E-state index in [4.69, 9.17) is 21.1 Å². The first-order valence-electron chi connectivity index (χ1n) is 10.4. The highest BCUT2D eigenvalue weighted by Gasteiger charge is 2.30. The maximum atomic E-state index is 6.35. The third-order valence-corrected chi connectivity index (χ3v) is 6.46. The summed E-state index contributed by atoms with van der Waals surface area (Å²) in [6, 6.07) is 6.10.